The standard InChI is InChI=1S/C30H27BN8O4/c1-2-22(37-27-25-26(34-16-33-25)35-17-36-27)28-38-23-13-7-9-19(24(23)30(41)39(28)21-11-4-3-5-12-21)15-32-29(40)18-8-6-10-20(14-18)31(42)43/h3-14,16-17,22,42-43H,2,15H2,1H3,(H,32,40)(H2,33,34,35,36,37)/t22-/m0/s1. The van der Waals surface area contributed by atoms with Crippen molar-refractivity contribution >= 4 is 46.4 Å². The Morgan fingerprint density at radius 3 is 2.63 bits per heavy atom. The van der Waals surface area contributed by atoms with Crippen LogP contribution in [0.15, 0.2) is 90.2 Å². The van der Waals surface area contributed by atoms with Crippen LogP contribution in [0.4, 0.5) is 5.82 Å². The minimum atomic E-state index is -1.69. The number of benzene rings is 3. The van der Waals surface area contributed by atoms with Gasteiger partial charge in [0.05, 0.1) is 29.0 Å². The number of aromatic nitrogens is 6. The van der Waals surface area contributed by atoms with Gasteiger partial charge < -0.3 is 25.7 Å². The summed E-state index contributed by atoms with van der Waals surface area (Å²) in [6.07, 6.45) is 3.56. The third kappa shape index (κ3) is 5.46. The molecule has 3 aromatic carbocycles. The van der Waals surface area contributed by atoms with E-state index in [9.17, 15) is 19.6 Å². The molecule has 3 aromatic heterocycles. The summed E-state index contributed by atoms with van der Waals surface area (Å²) in [7, 11) is -1.69. The van der Waals surface area contributed by atoms with Crippen LogP contribution in [0.25, 0.3) is 27.8 Å². The molecule has 0 aliphatic heterocycles. The summed E-state index contributed by atoms with van der Waals surface area (Å²) in [6.45, 7) is 2.05. The fraction of sp³-hybridized carbons (Fsp3) is 0.133. The third-order valence-corrected chi connectivity index (χ3v) is 7.16. The number of rotatable bonds is 9. The van der Waals surface area contributed by atoms with Crippen molar-refractivity contribution in [1.29, 1.82) is 0 Å². The van der Waals surface area contributed by atoms with Crippen LogP contribution in [0.1, 0.15) is 41.1 Å². The molecule has 13 heteroatoms. The lowest BCUT2D eigenvalue weighted by Crippen LogP contribution is -2.32. The van der Waals surface area contributed by atoms with Crippen molar-refractivity contribution in [2.45, 2.75) is 25.9 Å². The van der Waals surface area contributed by atoms with Gasteiger partial charge in [-0.15, -0.1) is 0 Å². The second-order valence-corrected chi connectivity index (χ2v) is 9.87. The molecule has 1 atom stereocenters. The topological polar surface area (TPSA) is 171 Å². The zero-order valence-electron chi connectivity index (χ0n) is 23.1. The zero-order valence-corrected chi connectivity index (χ0v) is 23.1. The van der Waals surface area contributed by atoms with Gasteiger partial charge >= 0.3 is 7.12 Å². The molecule has 0 radical (unpaired) electrons. The van der Waals surface area contributed by atoms with E-state index in [1.165, 1.54) is 18.5 Å². The molecule has 0 bridgehead atoms. The number of anilines is 1. The lowest BCUT2D eigenvalue weighted by Gasteiger charge is -2.22. The quantitative estimate of drug-likeness (QED) is 0.163. The molecule has 0 spiro atoms. The van der Waals surface area contributed by atoms with Gasteiger partial charge in [0.1, 0.15) is 17.7 Å². The van der Waals surface area contributed by atoms with Crippen molar-refractivity contribution in [2.75, 3.05) is 5.32 Å². The normalized spacial score (nSPS) is 11.9. The maximum atomic E-state index is 14.3. The number of carbonyl (C=O) groups excluding carboxylic acids is 1. The zero-order chi connectivity index (χ0) is 29.9. The van der Waals surface area contributed by atoms with E-state index in [4.69, 9.17) is 4.98 Å². The third-order valence-electron chi connectivity index (χ3n) is 7.16. The number of para-hydroxylation sites is 1. The van der Waals surface area contributed by atoms with Gasteiger partial charge in [-0.25, -0.2) is 19.9 Å². The van der Waals surface area contributed by atoms with Crippen LogP contribution in [0.3, 0.4) is 0 Å². The Morgan fingerprint density at radius 2 is 1.84 bits per heavy atom. The summed E-state index contributed by atoms with van der Waals surface area (Å²) in [5, 5.41) is 25.6. The average Bonchev–Trinajstić information content (AvgIpc) is 3.52. The van der Waals surface area contributed by atoms with Crippen LogP contribution in [0.5, 0.6) is 0 Å². The minimum Gasteiger partial charge on any atom is -0.423 e. The van der Waals surface area contributed by atoms with Crippen LogP contribution in [-0.2, 0) is 6.54 Å². The molecular weight excluding hydrogens is 547 g/mol. The van der Waals surface area contributed by atoms with E-state index < -0.39 is 19.1 Å². The number of amides is 1. The fourth-order valence-corrected chi connectivity index (χ4v) is 5.03. The first-order chi connectivity index (χ1) is 20.9. The largest absolute Gasteiger partial charge is 0.488 e. The molecule has 3 heterocycles. The second kappa shape index (κ2) is 11.8. The second-order valence-electron chi connectivity index (χ2n) is 9.87. The summed E-state index contributed by atoms with van der Waals surface area (Å²) < 4.78 is 1.59. The van der Waals surface area contributed by atoms with E-state index >= 15 is 0 Å². The van der Waals surface area contributed by atoms with Crippen LogP contribution < -0.4 is 21.7 Å². The van der Waals surface area contributed by atoms with E-state index in [0.717, 1.165) is 0 Å². The highest BCUT2D eigenvalue weighted by molar-refractivity contribution is 6.58. The van der Waals surface area contributed by atoms with Gasteiger partial charge in [-0.2, -0.15) is 0 Å². The molecule has 43 heavy (non-hydrogen) atoms. The summed E-state index contributed by atoms with van der Waals surface area (Å²) in [6, 6.07) is 20.3. The number of carbonyl (C=O) groups is 1. The van der Waals surface area contributed by atoms with Crippen LogP contribution in [0, 0.1) is 0 Å². The van der Waals surface area contributed by atoms with Gasteiger partial charge in [0.25, 0.3) is 11.5 Å². The SMILES string of the molecule is CC[C@H](Nc1ncnc2nc[nH]c12)c1nc2cccc(CNC(=O)c3cccc(B(O)O)c3)c2c(=O)n1-c1ccccc1. The van der Waals surface area contributed by atoms with Crippen molar-refractivity contribution in [3.8, 4) is 5.69 Å². The van der Waals surface area contributed by atoms with Gasteiger partial charge in [0.15, 0.2) is 11.5 Å². The molecule has 1 amide bonds. The number of hydrogen-bond donors (Lipinski definition) is 5. The van der Waals surface area contributed by atoms with Crippen molar-refractivity contribution in [1.82, 2.24) is 34.8 Å². The summed E-state index contributed by atoms with van der Waals surface area (Å²) in [4.78, 5) is 48.1. The molecule has 0 fully saturated rings. The average molecular weight is 574 g/mol. The van der Waals surface area contributed by atoms with E-state index in [1.807, 2.05) is 37.3 Å². The Labute approximate surface area is 245 Å². The number of aromatic amines is 1. The maximum Gasteiger partial charge on any atom is 0.488 e. The van der Waals surface area contributed by atoms with Crippen molar-refractivity contribution in [2.24, 2.45) is 0 Å². The number of imidazole rings is 1. The van der Waals surface area contributed by atoms with Crippen molar-refractivity contribution < 1.29 is 14.8 Å². The molecule has 214 valence electrons. The highest BCUT2D eigenvalue weighted by Crippen LogP contribution is 2.26. The van der Waals surface area contributed by atoms with Gasteiger partial charge in [-0.05, 0) is 47.8 Å². The van der Waals surface area contributed by atoms with Gasteiger partial charge in [-0.1, -0.05) is 49.4 Å². The lowest BCUT2D eigenvalue weighted by molar-refractivity contribution is 0.0951. The van der Waals surface area contributed by atoms with E-state index in [2.05, 4.69) is 30.6 Å². The van der Waals surface area contributed by atoms with Crippen LogP contribution in [-0.4, -0.2) is 52.6 Å². The Morgan fingerprint density at radius 1 is 1.02 bits per heavy atom. The Balaban J connectivity index is 1.42. The predicted molar refractivity (Wildman–Crippen MR) is 163 cm³/mol. The summed E-state index contributed by atoms with van der Waals surface area (Å²) in [5.74, 6) is 0.619. The molecule has 0 saturated heterocycles. The van der Waals surface area contributed by atoms with Crippen molar-refractivity contribution in [3.63, 3.8) is 0 Å². The van der Waals surface area contributed by atoms with Crippen LogP contribution in [0.2, 0.25) is 0 Å². The predicted octanol–water partition coefficient (Wildman–Crippen LogP) is 2.22. The molecule has 12 nitrogen and oxygen atoms in total. The summed E-state index contributed by atoms with van der Waals surface area (Å²) >= 11 is 0. The van der Waals surface area contributed by atoms with Gasteiger partial charge in [0, 0.05) is 12.1 Å². The lowest BCUT2D eigenvalue weighted by atomic mass is 9.79. The first-order valence-electron chi connectivity index (χ1n) is 13.7. The number of hydrogen-bond acceptors (Lipinski definition) is 9. The smallest absolute Gasteiger partial charge is 0.423 e. The summed E-state index contributed by atoms with van der Waals surface area (Å²) in [5.41, 5.74) is 3.07. The Hall–Kier alpha value is -5.40. The van der Waals surface area contributed by atoms with Crippen molar-refractivity contribution in [3.05, 3.63) is 113 Å². The number of nitrogens with one attached hydrogen (secondary N) is 3. The van der Waals surface area contributed by atoms with Crippen LogP contribution >= 0.6 is 0 Å². The molecule has 0 aliphatic carbocycles. The number of nitrogens with zero attached hydrogens (tertiary/aromatic N) is 5. The molecular formula is C30H27BN8O4. The minimum absolute atomic E-state index is 0.0569. The molecule has 6 aromatic rings. The monoisotopic (exact) mass is 574 g/mol. The fourth-order valence-electron chi connectivity index (χ4n) is 5.03. The first-order valence-corrected chi connectivity index (χ1v) is 13.7. The molecule has 0 saturated carbocycles. The Bertz CT molecular complexity index is 1990. The number of fused-ring (bicyclic) bond motifs is 2. The maximum absolute atomic E-state index is 14.3. The molecule has 6 rings (SSSR count). The molecule has 5 N–H and O–H groups in total. The molecule has 0 unspecified atom stereocenters. The van der Waals surface area contributed by atoms with E-state index in [0.29, 0.717) is 51.4 Å². The van der Waals surface area contributed by atoms with Gasteiger partial charge in [-0.3, -0.25) is 14.2 Å². The van der Waals surface area contributed by atoms with Gasteiger partial charge in [0.2, 0.25) is 0 Å². The molecule has 0 aliphatic rings. The Kier molecular flexibility index (Phi) is 7.64. The highest BCUT2D eigenvalue weighted by Gasteiger charge is 2.23. The van der Waals surface area contributed by atoms with E-state index in [1.54, 1.807) is 41.2 Å². The number of H-pyrrole nitrogens is 1. The first kappa shape index (κ1) is 27.8. The van der Waals surface area contributed by atoms with E-state index in [-0.39, 0.29) is 23.1 Å². The highest BCUT2D eigenvalue weighted by atomic mass is 16.4.